The highest BCUT2D eigenvalue weighted by Gasteiger charge is 2.16. The molecule has 0 amide bonds. The maximum atomic E-state index is 12.4. The van der Waals surface area contributed by atoms with Crippen LogP contribution in [0, 0.1) is 0 Å². The van der Waals surface area contributed by atoms with Gasteiger partial charge in [0.05, 0.1) is 5.52 Å². The van der Waals surface area contributed by atoms with Gasteiger partial charge in [-0.3, -0.25) is 4.79 Å². The molecule has 0 fully saturated rings. The second-order valence-electron chi connectivity index (χ2n) is 4.43. The maximum absolute atomic E-state index is 12.4. The number of rotatable bonds is 0. The monoisotopic (exact) mass is 355 g/mol. The summed E-state index contributed by atoms with van der Waals surface area (Å²) in [6.07, 6.45) is 4.19. The highest BCUT2D eigenvalue weighted by Crippen LogP contribution is 2.28. The Morgan fingerprint density at radius 1 is 1.12 bits per heavy atom. The average Bonchev–Trinajstić information content (AvgIpc) is 2.31. The van der Waals surface area contributed by atoms with Crippen molar-refractivity contribution in [2.75, 3.05) is 0 Å². The van der Waals surface area contributed by atoms with E-state index in [1.165, 1.54) is 6.42 Å². The minimum atomic E-state index is 0.190. The van der Waals surface area contributed by atoms with Crippen LogP contribution >= 0.6 is 31.9 Å². The van der Waals surface area contributed by atoms with Crippen LogP contribution in [0.4, 0.5) is 0 Å². The van der Waals surface area contributed by atoms with E-state index < -0.39 is 0 Å². The Morgan fingerprint density at radius 3 is 2.71 bits per heavy atom. The molecule has 2 aromatic rings. The SMILES string of the molecule is O=c1c2c([nH]c3c(Br)cc(Br)cc13)CCCC2. The van der Waals surface area contributed by atoms with Gasteiger partial charge in [0.15, 0.2) is 5.43 Å². The van der Waals surface area contributed by atoms with Crippen LogP contribution < -0.4 is 5.43 Å². The molecule has 1 aliphatic carbocycles. The number of fused-ring (bicyclic) bond motifs is 2. The Hall–Kier alpha value is -0.610. The van der Waals surface area contributed by atoms with Gasteiger partial charge in [-0.05, 0) is 53.7 Å². The van der Waals surface area contributed by atoms with Gasteiger partial charge in [-0.2, -0.15) is 0 Å². The number of pyridine rings is 1. The molecule has 1 aliphatic rings. The third-order valence-electron chi connectivity index (χ3n) is 3.32. The van der Waals surface area contributed by atoms with Crippen molar-refractivity contribution in [3.8, 4) is 0 Å². The van der Waals surface area contributed by atoms with Gasteiger partial charge >= 0.3 is 0 Å². The molecular formula is C13H11Br2NO. The van der Waals surface area contributed by atoms with E-state index in [-0.39, 0.29) is 5.43 Å². The zero-order valence-corrected chi connectivity index (χ0v) is 12.3. The highest BCUT2D eigenvalue weighted by molar-refractivity contribution is 9.11. The first kappa shape index (κ1) is 11.5. The van der Waals surface area contributed by atoms with E-state index in [2.05, 4.69) is 36.8 Å². The van der Waals surface area contributed by atoms with Crippen molar-refractivity contribution in [2.45, 2.75) is 25.7 Å². The van der Waals surface area contributed by atoms with Crippen LogP contribution in [0.2, 0.25) is 0 Å². The van der Waals surface area contributed by atoms with E-state index in [1.54, 1.807) is 0 Å². The van der Waals surface area contributed by atoms with Gasteiger partial charge in [-0.1, -0.05) is 15.9 Å². The first-order valence-corrected chi connectivity index (χ1v) is 7.28. The van der Waals surface area contributed by atoms with E-state index in [0.717, 1.165) is 50.4 Å². The molecule has 0 aliphatic heterocycles. The second kappa shape index (κ2) is 4.25. The average molecular weight is 357 g/mol. The fourth-order valence-corrected chi connectivity index (χ4v) is 3.81. The number of aromatic nitrogens is 1. The molecule has 1 aromatic heterocycles. The molecule has 1 N–H and O–H groups in total. The van der Waals surface area contributed by atoms with Gasteiger partial charge in [-0.25, -0.2) is 0 Å². The number of hydrogen-bond acceptors (Lipinski definition) is 1. The van der Waals surface area contributed by atoms with Crippen molar-refractivity contribution in [3.05, 3.63) is 42.6 Å². The number of nitrogens with one attached hydrogen (secondary N) is 1. The lowest BCUT2D eigenvalue weighted by molar-refractivity contribution is 0.667. The summed E-state index contributed by atoms with van der Waals surface area (Å²) in [5.41, 5.74) is 3.21. The zero-order chi connectivity index (χ0) is 12.0. The topological polar surface area (TPSA) is 32.9 Å². The molecule has 0 spiro atoms. The quantitative estimate of drug-likeness (QED) is 0.762. The summed E-state index contributed by atoms with van der Waals surface area (Å²) < 4.78 is 1.87. The fraction of sp³-hybridized carbons (Fsp3) is 0.308. The number of H-pyrrole nitrogens is 1. The summed E-state index contributed by atoms with van der Waals surface area (Å²) in [5.74, 6) is 0. The Kier molecular flexibility index (Phi) is 2.87. The van der Waals surface area contributed by atoms with Crippen LogP contribution in [-0.2, 0) is 12.8 Å². The molecule has 0 saturated carbocycles. The normalized spacial score (nSPS) is 14.9. The van der Waals surface area contributed by atoms with E-state index in [4.69, 9.17) is 0 Å². The molecule has 0 saturated heterocycles. The Balaban J connectivity index is 2.44. The summed E-state index contributed by atoms with van der Waals surface area (Å²) in [6, 6.07) is 3.86. The Bertz CT molecular complexity index is 660. The third-order valence-corrected chi connectivity index (χ3v) is 4.40. The van der Waals surface area contributed by atoms with Gasteiger partial charge in [0.2, 0.25) is 0 Å². The smallest absolute Gasteiger partial charge is 0.192 e. The predicted octanol–water partition coefficient (Wildman–Crippen LogP) is 3.93. The van der Waals surface area contributed by atoms with Crippen LogP contribution in [0.1, 0.15) is 24.1 Å². The van der Waals surface area contributed by atoms with Crippen molar-refractivity contribution in [1.29, 1.82) is 0 Å². The van der Waals surface area contributed by atoms with Crippen molar-refractivity contribution >= 4 is 42.8 Å². The minimum Gasteiger partial charge on any atom is -0.357 e. The molecule has 2 nitrogen and oxygen atoms in total. The predicted molar refractivity (Wildman–Crippen MR) is 76.6 cm³/mol. The lowest BCUT2D eigenvalue weighted by Gasteiger charge is -2.16. The van der Waals surface area contributed by atoms with Gasteiger partial charge in [0.25, 0.3) is 0 Å². The summed E-state index contributed by atoms with van der Waals surface area (Å²) in [5, 5.41) is 0.770. The Labute approximate surface area is 116 Å². The molecule has 0 radical (unpaired) electrons. The van der Waals surface area contributed by atoms with Gasteiger partial charge < -0.3 is 4.98 Å². The van der Waals surface area contributed by atoms with E-state index in [9.17, 15) is 4.79 Å². The molecule has 0 bridgehead atoms. The van der Waals surface area contributed by atoms with Crippen LogP contribution in [0.3, 0.4) is 0 Å². The number of halogens is 2. The molecule has 17 heavy (non-hydrogen) atoms. The van der Waals surface area contributed by atoms with E-state index in [0.29, 0.717) is 0 Å². The zero-order valence-electron chi connectivity index (χ0n) is 9.15. The Morgan fingerprint density at radius 2 is 1.88 bits per heavy atom. The summed E-state index contributed by atoms with van der Waals surface area (Å²) in [7, 11) is 0. The van der Waals surface area contributed by atoms with Crippen LogP contribution in [0.25, 0.3) is 10.9 Å². The maximum Gasteiger partial charge on any atom is 0.192 e. The van der Waals surface area contributed by atoms with Crippen LogP contribution in [-0.4, -0.2) is 4.98 Å². The number of hydrogen-bond donors (Lipinski definition) is 1. The summed E-state index contributed by atoms with van der Waals surface area (Å²) in [4.78, 5) is 15.8. The standard InChI is InChI=1S/C13H11Br2NO/c14-7-5-9-12(10(15)6-7)16-11-4-2-1-3-8(11)13(9)17/h5-6H,1-4H2,(H,16,17). The molecule has 0 unspecified atom stereocenters. The van der Waals surface area contributed by atoms with E-state index in [1.807, 2.05) is 12.1 Å². The van der Waals surface area contributed by atoms with Crippen molar-refractivity contribution in [3.63, 3.8) is 0 Å². The largest absolute Gasteiger partial charge is 0.357 e. The summed E-state index contributed by atoms with van der Waals surface area (Å²) >= 11 is 6.94. The number of benzene rings is 1. The fourth-order valence-electron chi connectivity index (χ4n) is 2.49. The first-order valence-electron chi connectivity index (χ1n) is 5.69. The molecule has 1 heterocycles. The van der Waals surface area contributed by atoms with Crippen molar-refractivity contribution < 1.29 is 0 Å². The third kappa shape index (κ3) is 1.87. The van der Waals surface area contributed by atoms with Gasteiger partial charge in [-0.15, -0.1) is 0 Å². The lowest BCUT2D eigenvalue weighted by atomic mass is 9.94. The molecule has 4 heteroatoms. The number of aromatic amines is 1. The lowest BCUT2D eigenvalue weighted by Crippen LogP contribution is -2.18. The van der Waals surface area contributed by atoms with Gasteiger partial charge in [0.1, 0.15) is 0 Å². The van der Waals surface area contributed by atoms with Crippen LogP contribution in [0.5, 0.6) is 0 Å². The second-order valence-corrected chi connectivity index (χ2v) is 6.20. The molecule has 88 valence electrons. The number of aryl methyl sites for hydroxylation is 1. The van der Waals surface area contributed by atoms with E-state index >= 15 is 0 Å². The van der Waals surface area contributed by atoms with Crippen LogP contribution in [0.15, 0.2) is 25.9 Å². The molecule has 3 rings (SSSR count). The van der Waals surface area contributed by atoms with Crippen molar-refractivity contribution in [2.24, 2.45) is 0 Å². The summed E-state index contributed by atoms with van der Waals surface area (Å²) in [6.45, 7) is 0. The molecule has 0 atom stereocenters. The van der Waals surface area contributed by atoms with Crippen molar-refractivity contribution in [1.82, 2.24) is 4.98 Å². The first-order chi connectivity index (χ1) is 8.16. The molecular weight excluding hydrogens is 346 g/mol. The van der Waals surface area contributed by atoms with Gasteiger partial charge in [0, 0.05) is 25.6 Å². The minimum absolute atomic E-state index is 0.190. The molecule has 1 aromatic carbocycles. The highest BCUT2D eigenvalue weighted by atomic mass is 79.9.